The lowest BCUT2D eigenvalue weighted by atomic mass is 10.2. The molecule has 0 unspecified atom stereocenters. The zero-order chi connectivity index (χ0) is 13.7. The van der Waals surface area contributed by atoms with Gasteiger partial charge in [-0.1, -0.05) is 11.6 Å². The first-order valence-corrected chi connectivity index (χ1v) is 6.32. The van der Waals surface area contributed by atoms with Crippen molar-refractivity contribution in [1.29, 1.82) is 0 Å². The molecule has 0 fully saturated rings. The number of hydrogen-bond acceptors (Lipinski definition) is 3. The van der Waals surface area contributed by atoms with Gasteiger partial charge < -0.3 is 14.5 Å². The Labute approximate surface area is 128 Å². The van der Waals surface area contributed by atoms with Gasteiger partial charge in [-0.25, -0.2) is 4.39 Å². The first-order chi connectivity index (χ1) is 9.20. The normalized spacial score (nSPS) is 10.3. The van der Waals surface area contributed by atoms with E-state index in [4.69, 9.17) is 20.8 Å². The van der Waals surface area contributed by atoms with Crippen molar-refractivity contribution in [3.63, 3.8) is 0 Å². The second kappa shape index (κ2) is 8.27. The number of benzene rings is 1. The largest absolute Gasteiger partial charge is 0.460 e. The highest BCUT2D eigenvalue weighted by atomic mass is 35.5. The van der Waals surface area contributed by atoms with E-state index in [0.717, 1.165) is 17.9 Å². The summed E-state index contributed by atoms with van der Waals surface area (Å²) in [5.41, 5.74) is 0.759. The molecule has 0 atom stereocenters. The number of ether oxygens (including phenoxy) is 1. The van der Waals surface area contributed by atoms with E-state index in [1.165, 1.54) is 6.07 Å². The molecule has 0 saturated carbocycles. The zero-order valence-corrected chi connectivity index (χ0v) is 12.6. The van der Waals surface area contributed by atoms with Crippen LogP contribution in [0.25, 0.3) is 11.3 Å². The smallest absolute Gasteiger partial charge is 0.141 e. The minimum Gasteiger partial charge on any atom is -0.460 e. The summed E-state index contributed by atoms with van der Waals surface area (Å²) in [6.45, 7) is 2.04. The summed E-state index contributed by atoms with van der Waals surface area (Å²) >= 11 is 5.75. The van der Waals surface area contributed by atoms with Crippen molar-refractivity contribution < 1.29 is 13.5 Å². The van der Waals surface area contributed by atoms with Crippen LogP contribution in [0.4, 0.5) is 4.39 Å². The van der Waals surface area contributed by atoms with Crippen molar-refractivity contribution in [2.75, 3.05) is 20.3 Å². The monoisotopic (exact) mass is 319 g/mol. The lowest BCUT2D eigenvalue weighted by molar-refractivity contribution is 0.198. The van der Waals surface area contributed by atoms with Crippen LogP contribution in [-0.2, 0) is 11.3 Å². The Balaban J connectivity index is 0.00000200. The van der Waals surface area contributed by atoms with Crippen molar-refractivity contribution >= 4 is 24.0 Å². The molecule has 6 heteroatoms. The van der Waals surface area contributed by atoms with E-state index in [9.17, 15) is 4.39 Å². The molecule has 0 bridgehead atoms. The molecule has 1 heterocycles. The predicted octanol–water partition coefficient (Wildman–Crippen LogP) is 3.90. The molecule has 3 nitrogen and oxygen atoms in total. The lowest BCUT2D eigenvalue weighted by Crippen LogP contribution is -2.18. The maximum Gasteiger partial charge on any atom is 0.141 e. The maximum atomic E-state index is 13.1. The van der Waals surface area contributed by atoms with Gasteiger partial charge in [0.25, 0.3) is 0 Å². The first kappa shape index (κ1) is 17.0. The summed E-state index contributed by atoms with van der Waals surface area (Å²) in [7, 11) is 1.66. The van der Waals surface area contributed by atoms with Gasteiger partial charge in [0.2, 0.25) is 0 Å². The molecule has 0 aliphatic carbocycles. The van der Waals surface area contributed by atoms with Gasteiger partial charge in [-0.05, 0) is 30.3 Å². The van der Waals surface area contributed by atoms with Crippen molar-refractivity contribution in [3.05, 3.63) is 46.9 Å². The Morgan fingerprint density at radius 1 is 1.30 bits per heavy atom. The van der Waals surface area contributed by atoms with Gasteiger partial charge in [0.05, 0.1) is 18.2 Å². The SMILES string of the molecule is COCCNCc1ccc(-c2ccc(F)c(Cl)c2)o1.Cl. The summed E-state index contributed by atoms with van der Waals surface area (Å²) in [4.78, 5) is 0. The van der Waals surface area contributed by atoms with Crippen LogP contribution in [0.5, 0.6) is 0 Å². The zero-order valence-electron chi connectivity index (χ0n) is 11.0. The third kappa shape index (κ3) is 4.49. The molecule has 0 radical (unpaired) electrons. The Kier molecular flexibility index (Phi) is 7.02. The van der Waals surface area contributed by atoms with E-state index in [0.29, 0.717) is 18.9 Å². The highest BCUT2D eigenvalue weighted by Crippen LogP contribution is 2.26. The lowest BCUT2D eigenvalue weighted by Gasteiger charge is -2.02. The molecule has 2 aromatic rings. The van der Waals surface area contributed by atoms with E-state index < -0.39 is 5.82 Å². The molecule has 0 aliphatic heterocycles. The summed E-state index contributed by atoms with van der Waals surface area (Å²) in [5.74, 6) is 1.05. The number of furan rings is 1. The second-order valence-electron chi connectivity index (χ2n) is 4.06. The minimum absolute atomic E-state index is 0. The fourth-order valence-electron chi connectivity index (χ4n) is 1.66. The van der Waals surface area contributed by atoms with Crippen LogP contribution in [0.1, 0.15) is 5.76 Å². The molecule has 2 rings (SSSR count). The van der Waals surface area contributed by atoms with Gasteiger partial charge in [-0.3, -0.25) is 0 Å². The summed E-state index contributed by atoms with van der Waals surface area (Å²) in [5, 5.41) is 3.27. The van der Waals surface area contributed by atoms with Gasteiger partial charge in [0.1, 0.15) is 17.3 Å². The topological polar surface area (TPSA) is 34.4 Å². The number of hydrogen-bond donors (Lipinski definition) is 1. The molecule has 0 aliphatic rings. The summed E-state index contributed by atoms with van der Waals surface area (Å²) in [6.07, 6.45) is 0. The van der Waals surface area contributed by atoms with Crippen molar-refractivity contribution in [3.8, 4) is 11.3 Å². The van der Waals surface area contributed by atoms with Crippen molar-refractivity contribution in [2.24, 2.45) is 0 Å². The number of nitrogens with one attached hydrogen (secondary N) is 1. The Hall–Kier alpha value is -1.07. The molecule has 0 amide bonds. The molecule has 1 N–H and O–H groups in total. The molecule has 110 valence electrons. The summed E-state index contributed by atoms with van der Waals surface area (Å²) in [6, 6.07) is 8.25. The average molecular weight is 320 g/mol. The van der Waals surface area contributed by atoms with Crippen molar-refractivity contribution in [1.82, 2.24) is 5.32 Å². The van der Waals surface area contributed by atoms with Gasteiger partial charge in [0, 0.05) is 19.2 Å². The molecular formula is C14H16Cl2FNO2. The van der Waals surface area contributed by atoms with Crippen LogP contribution in [0.15, 0.2) is 34.7 Å². The Morgan fingerprint density at radius 3 is 2.80 bits per heavy atom. The van der Waals surface area contributed by atoms with E-state index in [-0.39, 0.29) is 17.4 Å². The number of rotatable bonds is 6. The summed E-state index contributed by atoms with van der Waals surface area (Å²) < 4.78 is 23.7. The molecule has 1 aromatic heterocycles. The molecular weight excluding hydrogens is 304 g/mol. The highest BCUT2D eigenvalue weighted by Gasteiger charge is 2.07. The van der Waals surface area contributed by atoms with Crippen LogP contribution in [0.3, 0.4) is 0 Å². The fourth-order valence-corrected chi connectivity index (χ4v) is 1.84. The third-order valence-electron chi connectivity index (χ3n) is 2.65. The maximum absolute atomic E-state index is 13.1. The third-order valence-corrected chi connectivity index (χ3v) is 2.94. The van der Waals surface area contributed by atoms with Gasteiger partial charge in [0.15, 0.2) is 0 Å². The second-order valence-corrected chi connectivity index (χ2v) is 4.47. The van der Waals surface area contributed by atoms with Crippen molar-refractivity contribution in [2.45, 2.75) is 6.54 Å². The van der Waals surface area contributed by atoms with Crippen LogP contribution in [-0.4, -0.2) is 20.3 Å². The van der Waals surface area contributed by atoms with Crippen LogP contribution >= 0.6 is 24.0 Å². The van der Waals surface area contributed by atoms with Gasteiger partial charge >= 0.3 is 0 Å². The van der Waals surface area contributed by atoms with Crippen LogP contribution in [0, 0.1) is 5.82 Å². The Morgan fingerprint density at radius 2 is 2.10 bits per heavy atom. The van der Waals surface area contributed by atoms with E-state index in [2.05, 4.69) is 5.32 Å². The Bertz CT molecular complexity index is 546. The van der Waals surface area contributed by atoms with Crippen LogP contribution < -0.4 is 5.32 Å². The standard InChI is InChI=1S/C14H15ClFNO2.ClH/c1-18-7-6-17-9-11-3-5-14(19-11)10-2-4-13(16)12(15)8-10;/h2-5,8,17H,6-7,9H2,1H3;1H. The highest BCUT2D eigenvalue weighted by molar-refractivity contribution is 6.31. The fraction of sp³-hybridized carbons (Fsp3) is 0.286. The van der Waals surface area contributed by atoms with Gasteiger partial charge in [-0.15, -0.1) is 12.4 Å². The molecule has 0 spiro atoms. The average Bonchev–Trinajstić information content (AvgIpc) is 2.87. The minimum atomic E-state index is -0.432. The predicted molar refractivity (Wildman–Crippen MR) is 79.9 cm³/mol. The van der Waals surface area contributed by atoms with E-state index in [1.54, 1.807) is 19.2 Å². The number of halogens is 3. The van der Waals surface area contributed by atoms with Crippen LogP contribution in [0.2, 0.25) is 5.02 Å². The van der Waals surface area contributed by atoms with E-state index >= 15 is 0 Å². The quantitative estimate of drug-likeness (QED) is 0.820. The number of methoxy groups -OCH3 is 1. The van der Waals surface area contributed by atoms with E-state index in [1.807, 2.05) is 12.1 Å². The molecule has 1 aromatic carbocycles. The molecule has 0 saturated heterocycles. The van der Waals surface area contributed by atoms with Gasteiger partial charge in [-0.2, -0.15) is 0 Å². The first-order valence-electron chi connectivity index (χ1n) is 5.94. The molecule has 20 heavy (non-hydrogen) atoms.